The summed E-state index contributed by atoms with van der Waals surface area (Å²) in [5.74, 6) is 0.117. The van der Waals surface area contributed by atoms with Crippen molar-refractivity contribution in [2.24, 2.45) is 0 Å². The summed E-state index contributed by atoms with van der Waals surface area (Å²) in [6, 6.07) is 1.98. The van der Waals surface area contributed by atoms with Gasteiger partial charge < -0.3 is 14.5 Å². The third-order valence-corrected chi connectivity index (χ3v) is 6.06. The molecule has 0 saturated carbocycles. The molecule has 3 heterocycles. The van der Waals surface area contributed by atoms with Crippen molar-refractivity contribution in [2.75, 3.05) is 38.7 Å². The molecule has 0 aliphatic carbocycles. The molecular formula is C15H21N3O2S2. The van der Waals surface area contributed by atoms with E-state index >= 15 is 0 Å². The van der Waals surface area contributed by atoms with Crippen LogP contribution in [0, 0.1) is 0 Å². The minimum absolute atomic E-state index is 0.117. The smallest absolute Gasteiger partial charge is 0.264 e. The lowest BCUT2D eigenvalue weighted by Gasteiger charge is -2.32. The third-order valence-electron chi connectivity index (χ3n) is 3.74. The molecule has 0 N–H and O–H groups in total. The topological polar surface area (TPSA) is 45.7 Å². The van der Waals surface area contributed by atoms with Gasteiger partial charge in [-0.2, -0.15) is 0 Å². The number of carbonyl (C=O) groups excluding carboxylic acids is 1. The van der Waals surface area contributed by atoms with Gasteiger partial charge in [0.05, 0.1) is 15.7 Å². The summed E-state index contributed by atoms with van der Waals surface area (Å²) in [6.45, 7) is 4.24. The molecule has 2 aromatic heterocycles. The molecule has 0 radical (unpaired) electrons. The predicted molar refractivity (Wildman–Crippen MR) is 92.4 cm³/mol. The van der Waals surface area contributed by atoms with Gasteiger partial charge >= 0.3 is 0 Å². The SMILES string of the molecule is CCO[C@H]1CCCN(C(=O)c2cc3sc(N(C)C)nc3s2)C1. The van der Waals surface area contributed by atoms with Gasteiger partial charge in [-0.1, -0.05) is 11.3 Å². The molecule has 1 atom stereocenters. The molecule has 1 amide bonds. The molecule has 1 saturated heterocycles. The molecule has 0 aromatic carbocycles. The number of hydrogen-bond donors (Lipinski definition) is 0. The van der Waals surface area contributed by atoms with E-state index in [1.165, 1.54) is 11.3 Å². The fraction of sp³-hybridized carbons (Fsp3) is 0.600. The monoisotopic (exact) mass is 339 g/mol. The zero-order valence-electron chi connectivity index (χ0n) is 13.2. The van der Waals surface area contributed by atoms with Crippen LogP contribution in [0.4, 0.5) is 5.13 Å². The molecular weight excluding hydrogens is 318 g/mol. The molecule has 22 heavy (non-hydrogen) atoms. The Morgan fingerprint density at radius 2 is 2.32 bits per heavy atom. The van der Waals surface area contributed by atoms with Gasteiger partial charge in [0, 0.05) is 33.8 Å². The molecule has 0 spiro atoms. The van der Waals surface area contributed by atoms with Gasteiger partial charge in [-0.15, -0.1) is 11.3 Å². The highest BCUT2D eigenvalue weighted by Crippen LogP contribution is 2.34. The summed E-state index contributed by atoms with van der Waals surface area (Å²) in [5.41, 5.74) is 0. The van der Waals surface area contributed by atoms with Gasteiger partial charge in [0.15, 0.2) is 5.13 Å². The number of amides is 1. The highest BCUT2D eigenvalue weighted by atomic mass is 32.1. The normalized spacial score (nSPS) is 18.9. The maximum Gasteiger partial charge on any atom is 0.264 e. The molecule has 3 rings (SSSR count). The first kappa shape index (κ1) is 15.7. The molecule has 120 valence electrons. The number of likely N-dealkylation sites (tertiary alicyclic amines) is 1. The highest BCUT2D eigenvalue weighted by Gasteiger charge is 2.26. The molecule has 5 nitrogen and oxygen atoms in total. The third kappa shape index (κ3) is 3.11. The number of rotatable bonds is 4. The van der Waals surface area contributed by atoms with Crippen LogP contribution in [0.5, 0.6) is 0 Å². The van der Waals surface area contributed by atoms with Gasteiger partial charge in [-0.05, 0) is 25.8 Å². The number of hydrogen-bond acceptors (Lipinski definition) is 6. The maximum absolute atomic E-state index is 12.7. The van der Waals surface area contributed by atoms with E-state index in [0.717, 1.165) is 38.9 Å². The number of aromatic nitrogens is 1. The van der Waals surface area contributed by atoms with Gasteiger partial charge in [0.25, 0.3) is 5.91 Å². The lowest BCUT2D eigenvalue weighted by molar-refractivity contribution is 0.00742. The summed E-state index contributed by atoms with van der Waals surface area (Å²) in [5, 5.41) is 0.981. The predicted octanol–water partition coefficient (Wildman–Crippen LogP) is 3.06. The number of fused-ring (bicyclic) bond motifs is 1. The van der Waals surface area contributed by atoms with Gasteiger partial charge in [0.2, 0.25) is 0 Å². The summed E-state index contributed by atoms with van der Waals surface area (Å²) in [6.07, 6.45) is 2.24. The minimum Gasteiger partial charge on any atom is -0.377 e. The van der Waals surface area contributed by atoms with Crippen LogP contribution < -0.4 is 4.90 Å². The van der Waals surface area contributed by atoms with Crippen LogP contribution in [-0.4, -0.2) is 55.7 Å². The van der Waals surface area contributed by atoms with Crippen LogP contribution in [0.2, 0.25) is 0 Å². The van der Waals surface area contributed by atoms with Crippen molar-refractivity contribution < 1.29 is 9.53 Å². The number of thiophene rings is 1. The lowest BCUT2D eigenvalue weighted by atomic mass is 10.1. The quantitative estimate of drug-likeness (QED) is 0.859. The van der Waals surface area contributed by atoms with E-state index in [1.54, 1.807) is 11.3 Å². The van der Waals surface area contributed by atoms with Crippen LogP contribution in [0.1, 0.15) is 29.4 Å². The zero-order chi connectivity index (χ0) is 15.7. The van der Waals surface area contributed by atoms with E-state index < -0.39 is 0 Å². The first-order valence-electron chi connectivity index (χ1n) is 7.57. The molecule has 7 heteroatoms. The number of carbonyl (C=O) groups is 1. The van der Waals surface area contributed by atoms with E-state index in [-0.39, 0.29) is 12.0 Å². The highest BCUT2D eigenvalue weighted by molar-refractivity contribution is 7.29. The Morgan fingerprint density at radius 3 is 3.00 bits per heavy atom. The summed E-state index contributed by atoms with van der Waals surface area (Å²) < 4.78 is 6.77. The summed E-state index contributed by atoms with van der Waals surface area (Å²) in [7, 11) is 3.96. The zero-order valence-corrected chi connectivity index (χ0v) is 14.8. The van der Waals surface area contributed by atoms with E-state index in [4.69, 9.17) is 4.74 Å². The fourth-order valence-electron chi connectivity index (χ4n) is 2.67. The van der Waals surface area contributed by atoms with Crippen molar-refractivity contribution in [3.63, 3.8) is 0 Å². The van der Waals surface area contributed by atoms with E-state index in [2.05, 4.69) is 4.98 Å². The molecule has 2 aromatic rings. The molecule has 0 bridgehead atoms. The van der Waals surface area contributed by atoms with E-state index in [1.807, 2.05) is 36.9 Å². The van der Waals surface area contributed by atoms with Crippen molar-refractivity contribution in [1.29, 1.82) is 0 Å². The Bertz CT molecular complexity index is 631. The maximum atomic E-state index is 12.7. The van der Waals surface area contributed by atoms with Crippen LogP contribution in [0.15, 0.2) is 6.07 Å². The lowest BCUT2D eigenvalue weighted by Crippen LogP contribution is -2.43. The number of ether oxygens (including phenoxy) is 1. The Kier molecular flexibility index (Phi) is 4.65. The van der Waals surface area contributed by atoms with Crippen LogP contribution in [-0.2, 0) is 4.74 Å². The van der Waals surface area contributed by atoms with Gasteiger partial charge in [-0.25, -0.2) is 4.98 Å². The Balaban J connectivity index is 1.75. The second-order valence-corrected chi connectivity index (χ2v) is 7.68. The number of nitrogens with zero attached hydrogens (tertiary/aromatic N) is 3. The fourth-order valence-corrected chi connectivity index (χ4v) is 4.77. The van der Waals surface area contributed by atoms with Gasteiger partial charge in [0.1, 0.15) is 4.83 Å². The molecule has 1 aliphatic heterocycles. The standard InChI is InChI=1S/C15H21N3O2S2/c1-4-20-10-6-5-7-18(9-10)14(19)12-8-11-13(21-12)16-15(22-11)17(2)3/h8,10H,4-7,9H2,1-3H3/t10-/m0/s1. The second kappa shape index (κ2) is 6.52. The van der Waals surface area contributed by atoms with Crippen LogP contribution in [0.25, 0.3) is 9.53 Å². The van der Waals surface area contributed by atoms with Crippen LogP contribution in [0.3, 0.4) is 0 Å². The summed E-state index contributed by atoms with van der Waals surface area (Å²) >= 11 is 3.12. The number of piperidine rings is 1. The van der Waals surface area contributed by atoms with Crippen molar-refractivity contribution in [1.82, 2.24) is 9.88 Å². The Hall–Kier alpha value is -1.18. The Morgan fingerprint density at radius 1 is 1.50 bits per heavy atom. The van der Waals surface area contributed by atoms with Gasteiger partial charge in [-0.3, -0.25) is 4.79 Å². The van der Waals surface area contributed by atoms with Crippen molar-refractivity contribution in [2.45, 2.75) is 25.9 Å². The molecule has 1 aliphatic rings. The molecule has 0 unspecified atom stereocenters. The minimum atomic E-state index is 0.117. The van der Waals surface area contributed by atoms with Crippen LogP contribution >= 0.6 is 22.7 Å². The number of anilines is 1. The molecule has 1 fully saturated rings. The average Bonchev–Trinajstić information content (AvgIpc) is 3.05. The Labute approximate surface area is 138 Å². The second-order valence-electron chi connectivity index (χ2n) is 5.64. The first-order chi connectivity index (χ1) is 10.6. The average molecular weight is 339 g/mol. The number of thiazole rings is 1. The van der Waals surface area contributed by atoms with Crippen molar-refractivity contribution in [3.05, 3.63) is 10.9 Å². The largest absolute Gasteiger partial charge is 0.377 e. The van der Waals surface area contributed by atoms with Crippen molar-refractivity contribution >= 4 is 43.2 Å². The first-order valence-corrected chi connectivity index (χ1v) is 9.20. The summed E-state index contributed by atoms with van der Waals surface area (Å²) in [4.78, 5) is 22.9. The van der Waals surface area contributed by atoms with Crippen molar-refractivity contribution in [3.8, 4) is 0 Å². The van der Waals surface area contributed by atoms with E-state index in [0.29, 0.717) is 13.2 Å². The van der Waals surface area contributed by atoms with E-state index in [9.17, 15) is 4.79 Å².